The van der Waals surface area contributed by atoms with Crippen molar-refractivity contribution in [3.8, 4) is 0 Å². The Balaban J connectivity index is 2.26. The summed E-state index contributed by atoms with van der Waals surface area (Å²) in [5.41, 5.74) is 2.56. The summed E-state index contributed by atoms with van der Waals surface area (Å²) in [7, 11) is 0. The van der Waals surface area contributed by atoms with Gasteiger partial charge in [-0.2, -0.15) is 0 Å². The minimum Gasteiger partial charge on any atom is -0.370 e. The van der Waals surface area contributed by atoms with Crippen LogP contribution in [-0.4, -0.2) is 16.5 Å². The molecule has 0 radical (unpaired) electrons. The molecule has 2 rings (SSSR count). The van der Waals surface area contributed by atoms with E-state index in [9.17, 15) is 0 Å². The highest BCUT2D eigenvalue weighted by Gasteiger charge is 2.27. The van der Waals surface area contributed by atoms with Crippen LogP contribution in [-0.2, 0) is 0 Å². The summed E-state index contributed by atoms with van der Waals surface area (Å²) in [6, 6.07) is 1.81. The average Bonchev–Trinajstić information content (AvgIpc) is 3.01. The van der Waals surface area contributed by atoms with Gasteiger partial charge in [-0.25, -0.2) is 15.8 Å². The molecule has 0 saturated heterocycles. The number of nitrogens with one attached hydrogen (secondary N) is 2. The molecular formula is C9H15N5. The fourth-order valence-corrected chi connectivity index (χ4v) is 1.34. The minimum atomic E-state index is 0.542. The summed E-state index contributed by atoms with van der Waals surface area (Å²) in [4.78, 5) is 8.72. The molecule has 1 aromatic heterocycles. The predicted octanol–water partition coefficient (Wildman–Crippen LogP) is 1.07. The Morgan fingerprint density at radius 1 is 1.43 bits per heavy atom. The van der Waals surface area contributed by atoms with E-state index in [-0.39, 0.29) is 0 Å². The summed E-state index contributed by atoms with van der Waals surface area (Å²) in [5.74, 6) is 8.30. The van der Waals surface area contributed by atoms with E-state index in [0.717, 1.165) is 18.2 Å². The number of hydrogen-bond acceptors (Lipinski definition) is 5. The molecule has 0 atom stereocenters. The van der Waals surface area contributed by atoms with Crippen molar-refractivity contribution in [3.63, 3.8) is 0 Å². The van der Waals surface area contributed by atoms with E-state index in [1.54, 1.807) is 0 Å². The van der Waals surface area contributed by atoms with Crippen LogP contribution >= 0.6 is 0 Å². The second-order valence-electron chi connectivity index (χ2n) is 3.45. The second-order valence-corrected chi connectivity index (χ2v) is 3.45. The van der Waals surface area contributed by atoms with Crippen molar-refractivity contribution >= 4 is 11.6 Å². The molecule has 1 aromatic rings. The zero-order chi connectivity index (χ0) is 9.97. The van der Waals surface area contributed by atoms with Gasteiger partial charge in [-0.1, -0.05) is 0 Å². The van der Waals surface area contributed by atoms with E-state index < -0.39 is 0 Å². The Morgan fingerprint density at radius 3 is 2.71 bits per heavy atom. The predicted molar refractivity (Wildman–Crippen MR) is 56.0 cm³/mol. The fourth-order valence-electron chi connectivity index (χ4n) is 1.34. The van der Waals surface area contributed by atoms with Gasteiger partial charge in [-0.05, 0) is 19.8 Å². The van der Waals surface area contributed by atoms with E-state index >= 15 is 0 Å². The summed E-state index contributed by atoms with van der Waals surface area (Å²) in [6.07, 6.45) is 2.39. The van der Waals surface area contributed by atoms with E-state index in [1.807, 2.05) is 13.0 Å². The molecule has 0 unspecified atom stereocenters. The third-order valence-corrected chi connectivity index (χ3v) is 2.19. The molecule has 0 spiro atoms. The Morgan fingerprint density at radius 2 is 2.14 bits per heavy atom. The van der Waals surface area contributed by atoms with Gasteiger partial charge in [0.05, 0.1) is 0 Å². The first-order valence-electron chi connectivity index (χ1n) is 4.93. The molecule has 1 aliphatic rings. The average molecular weight is 193 g/mol. The van der Waals surface area contributed by atoms with Gasteiger partial charge in [0.15, 0.2) is 0 Å². The number of anilines is 2. The lowest BCUT2D eigenvalue weighted by Crippen LogP contribution is -2.12. The van der Waals surface area contributed by atoms with Crippen LogP contribution in [0.15, 0.2) is 6.07 Å². The van der Waals surface area contributed by atoms with Gasteiger partial charge in [0.1, 0.15) is 17.5 Å². The van der Waals surface area contributed by atoms with Crippen molar-refractivity contribution < 1.29 is 0 Å². The maximum absolute atomic E-state index is 5.34. The maximum atomic E-state index is 5.34. The standard InChI is InChI=1S/C9H15N5/c1-2-11-7-5-8(14-10)13-9(12-7)6-3-4-6/h5-6H,2-4,10H2,1H3,(H2,11,12,13,14). The fraction of sp³-hybridized carbons (Fsp3) is 0.556. The van der Waals surface area contributed by atoms with Gasteiger partial charge >= 0.3 is 0 Å². The molecule has 1 aliphatic carbocycles. The molecule has 4 N–H and O–H groups in total. The van der Waals surface area contributed by atoms with Crippen LogP contribution in [0, 0.1) is 0 Å². The van der Waals surface area contributed by atoms with E-state index in [4.69, 9.17) is 5.84 Å². The van der Waals surface area contributed by atoms with Crippen molar-refractivity contribution in [3.05, 3.63) is 11.9 Å². The molecule has 1 saturated carbocycles. The highest BCUT2D eigenvalue weighted by molar-refractivity contribution is 5.47. The number of nitrogens with two attached hydrogens (primary N) is 1. The largest absolute Gasteiger partial charge is 0.370 e. The Kier molecular flexibility index (Phi) is 2.49. The number of nitrogens with zero attached hydrogens (tertiary/aromatic N) is 2. The van der Waals surface area contributed by atoms with E-state index in [2.05, 4.69) is 20.7 Å². The highest BCUT2D eigenvalue weighted by atomic mass is 15.3. The van der Waals surface area contributed by atoms with Gasteiger partial charge in [0, 0.05) is 18.5 Å². The number of hydrazine groups is 1. The SMILES string of the molecule is CCNc1cc(NN)nc(C2CC2)n1. The summed E-state index contributed by atoms with van der Waals surface area (Å²) in [6.45, 7) is 2.89. The van der Waals surface area contributed by atoms with Crippen LogP contribution in [0.3, 0.4) is 0 Å². The van der Waals surface area contributed by atoms with Gasteiger partial charge in [-0.3, -0.25) is 0 Å². The summed E-state index contributed by atoms with van der Waals surface area (Å²) < 4.78 is 0. The lowest BCUT2D eigenvalue weighted by atomic mass is 10.4. The first kappa shape index (κ1) is 9.21. The van der Waals surface area contributed by atoms with Crippen LogP contribution in [0.1, 0.15) is 31.5 Å². The van der Waals surface area contributed by atoms with Crippen LogP contribution in [0.25, 0.3) is 0 Å². The van der Waals surface area contributed by atoms with Gasteiger partial charge < -0.3 is 10.7 Å². The highest BCUT2D eigenvalue weighted by Crippen LogP contribution is 2.38. The second kappa shape index (κ2) is 3.79. The van der Waals surface area contributed by atoms with Crippen LogP contribution in [0.4, 0.5) is 11.6 Å². The summed E-state index contributed by atoms with van der Waals surface area (Å²) in [5, 5.41) is 3.16. The third kappa shape index (κ3) is 1.93. The first-order valence-corrected chi connectivity index (χ1v) is 4.93. The topological polar surface area (TPSA) is 75.9 Å². The molecule has 0 aromatic carbocycles. The molecule has 0 aliphatic heterocycles. The van der Waals surface area contributed by atoms with Crippen molar-refractivity contribution in [1.29, 1.82) is 0 Å². The molecular weight excluding hydrogens is 178 g/mol. The van der Waals surface area contributed by atoms with Gasteiger partial charge in [0.25, 0.3) is 0 Å². The quantitative estimate of drug-likeness (QED) is 0.492. The molecule has 0 amide bonds. The van der Waals surface area contributed by atoms with E-state index in [0.29, 0.717) is 11.7 Å². The van der Waals surface area contributed by atoms with Crippen LogP contribution in [0.5, 0.6) is 0 Å². The zero-order valence-corrected chi connectivity index (χ0v) is 8.25. The van der Waals surface area contributed by atoms with Crippen LogP contribution in [0.2, 0.25) is 0 Å². The number of rotatable bonds is 4. The van der Waals surface area contributed by atoms with E-state index in [1.165, 1.54) is 12.8 Å². The Hall–Kier alpha value is -1.36. The van der Waals surface area contributed by atoms with Gasteiger partial charge in [-0.15, -0.1) is 0 Å². The molecule has 14 heavy (non-hydrogen) atoms. The maximum Gasteiger partial charge on any atom is 0.145 e. The molecule has 1 heterocycles. The van der Waals surface area contributed by atoms with Gasteiger partial charge in [0.2, 0.25) is 0 Å². The van der Waals surface area contributed by atoms with Crippen molar-refractivity contribution in [2.75, 3.05) is 17.3 Å². The summed E-state index contributed by atoms with van der Waals surface area (Å²) >= 11 is 0. The molecule has 0 bridgehead atoms. The van der Waals surface area contributed by atoms with Crippen molar-refractivity contribution in [2.24, 2.45) is 5.84 Å². The first-order chi connectivity index (χ1) is 6.83. The molecule has 76 valence electrons. The normalized spacial score (nSPS) is 15.3. The van der Waals surface area contributed by atoms with Crippen LogP contribution < -0.4 is 16.6 Å². The van der Waals surface area contributed by atoms with Crippen molar-refractivity contribution in [1.82, 2.24) is 9.97 Å². The molecule has 5 nitrogen and oxygen atoms in total. The lowest BCUT2D eigenvalue weighted by molar-refractivity contribution is 0.923. The minimum absolute atomic E-state index is 0.542. The smallest absolute Gasteiger partial charge is 0.145 e. The molecule has 1 fully saturated rings. The molecule has 5 heteroatoms. The van der Waals surface area contributed by atoms with Crippen molar-refractivity contribution in [2.45, 2.75) is 25.7 Å². The Bertz CT molecular complexity index is 321. The number of nitrogen functional groups attached to an aromatic ring is 1. The lowest BCUT2D eigenvalue weighted by Gasteiger charge is -2.07. The zero-order valence-electron chi connectivity index (χ0n) is 8.25. The number of hydrogen-bond donors (Lipinski definition) is 3. The third-order valence-electron chi connectivity index (χ3n) is 2.19. The number of aromatic nitrogens is 2. The monoisotopic (exact) mass is 193 g/mol. The Labute approximate surface area is 83.1 Å².